The van der Waals surface area contributed by atoms with Crippen molar-refractivity contribution >= 4 is 0 Å². The number of piperazine rings is 1. The van der Waals surface area contributed by atoms with Crippen LogP contribution in [-0.4, -0.2) is 50.7 Å². The van der Waals surface area contributed by atoms with E-state index in [0.29, 0.717) is 0 Å². The monoisotopic (exact) mass is 265 g/mol. The van der Waals surface area contributed by atoms with Crippen LogP contribution in [0.5, 0.6) is 0 Å². The minimum absolute atomic E-state index is 0.115. The zero-order valence-corrected chi connectivity index (χ0v) is 11.7. The van der Waals surface area contributed by atoms with Gasteiger partial charge >= 0.3 is 0 Å². The summed E-state index contributed by atoms with van der Waals surface area (Å²) < 4.78 is 13.1. The molecular formula is C15H24FN3. The molecule has 1 aromatic rings. The lowest BCUT2D eigenvalue weighted by Crippen LogP contribution is -2.45. The molecule has 1 fully saturated rings. The molecule has 0 amide bonds. The van der Waals surface area contributed by atoms with Gasteiger partial charge in [0.15, 0.2) is 0 Å². The van der Waals surface area contributed by atoms with Crippen molar-refractivity contribution in [2.24, 2.45) is 0 Å². The van der Waals surface area contributed by atoms with E-state index in [0.717, 1.165) is 57.8 Å². The first-order valence-electron chi connectivity index (χ1n) is 7.14. The number of hydrogen-bond acceptors (Lipinski definition) is 3. The fourth-order valence-electron chi connectivity index (χ4n) is 2.39. The Kier molecular flexibility index (Phi) is 5.76. The van der Waals surface area contributed by atoms with Gasteiger partial charge in [0.25, 0.3) is 0 Å². The minimum atomic E-state index is -0.115. The van der Waals surface area contributed by atoms with Crippen molar-refractivity contribution in [2.75, 3.05) is 45.8 Å². The Bertz CT molecular complexity index is 389. The summed E-state index contributed by atoms with van der Waals surface area (Å²) in [5, 5.41) is 6.81. The number of benzene rings is 1. The Morgan fingerprint density at radius 3 is 2.79 bits per heavy atom. The van der Waals surface area contributed by atoms with E-state index in [1.807, 2.05) is 19.1 Å². The molecule has 1 aliphatic heterocycles. The van der Waals surface area contributed by atoms with E-state index in [4.69, 9.17) is 0 Å². The van der Waals surface area contributed by atoms with Crippen LogP contribution in [0.4, 0.5) is 4.39 Å². The van der Waals surface area contributed by atoms with Crippen LogP contribution >= 0.6 is 0 Å². The van der Waals surface area contributed by atoms with Crippen LogP contribution in [0.3, 0.4) is 0 Å². The van der Waals surface area contributed by atoms with Gasteiger partial charge in [0, 0.05) is 39.3 Å². The van der Waals surface area contributed by atoms with Crippen molar-refractivity contribution in [1.82, 2.24) is 15.5 Å². The summed E-state index contributed by atoms with van der Waals surface area (Å²) in [5.74, 6) is -0.115. The van der Waals surface area contributed by atoms with Crippen molar-refractivity contribution in [3.8, 4) is 0 Å². The van der Waals surface area contributed by atoms with Crippen LogP contribution < -0.4 is 10.6 Å². The maximum absolute atomic E-state index is 13.1. The minimum Gasteiger partial charge on any atom is -0.315 e. The van der Waals surface area contributed by atoms with E-state index < -0.39 is 0 Å². The fourth-order valence-corrected chi connectivity index (χ4v) is 2.39. The lowest BCUT2D eigenvalue weighted by atomic mass is 10.1. The second kappa shape index (κ2) is 7.58. The highest BCUT2D eigenvalue weighted by Gasteiger charge is 2.07. The largest absolute Gasteiger partial charge is 0.315 e. The number of rotatable bonds is 6. The number of hydrogen-bond donors (Lipinski definition) is 2. The summed E-state index contributed by atoms with van der Waals surface area (Å²) in [6.45, 7) is 9.43. The Hall–Kier alpha value is -0.970. The summed E-state index contributed by atoms with van der Waals surface area (Å²) in [6, 6.07) is 5.37. The number of halogens is 1. The van der Waals surface area contributed by atoms with Gasteiger partial charge in [0.05, 0.1) is 0 Å². The molecule has 3 nitrogen and oxygen atoms in total. The summed E-state index contributed by atoms with van der Waals surface area (Å²) in [4.78, 5) is 2.48. The lowest BCUT2D eigenvalue weighted by molar-refractivity contribution is 0.241. The molecule has 0 aromatic heterocycles. The molecule has 1 aromatic carbocycles. The number of nitrogens with one attached hydrogen (secondary N) is 2. The first kappa shape index (κ1) is 14.4. The van der Waals surface area contributed by atoms with Crippen LogP contribution in [0.2, 0.25) is 0 Å². The smallest absolute Gasteiger partial charge is 0.126 e. The molecule has 1 aliphatic rings. The highest BCUT2D eigenvalue weighted by Crippen LogP contribution is 2.09. The number of nitrogens with zero attached hydrogens (tertiary/aromatic N) is 1. The molecule has 0 spiro atoms. The second-order valence-electron chi connectivity index (χ2n) is 5.18. The molecule has 0 atom stereocenters. The molecule has 2 rings (SSSR count). The van der Waals surface area contributed by atoms with Gasteiger partial charge in [-0.2, -0.15) is 0 Å². The molecule has 19 heavy (non-hydrogen) atoms. The van der Waals surface area contributed by atoms with Crippen molar-refractivity contribution in [1.29, 1.82) is 0 Å². The molecule has 0 unspecified atom stereocenters. The van der Waals surface area contributed by atoms with Gasteiger partial charge in [-0.1, -0.05) is 12.1 Å². The molecule has 106 valence electrons. The topological polar surface area (TPSA) is 27.3 Å². The molecule has 0 radical (unpaired) electrons. The Morgan fingerprint density at radius 2 is 2.05 bits per heavy atom. The van der Waals surface area contributed by atoms with E-state index in [-0.39, 0.29) is 5.82 Å². The van der Waals surface area contributed by atoms with Crippen LogP contribution in [0.15, 0.2) is 18.2 Å². The van der Waals surface area contributed by atoms with Crippen molar-refractivity contribution in [3.05, 3.63) is 35.1 Å². The van der Waals surface area contributed by atoms with Crippen molar-refractivity contribution in [2.45, 2.75) is 13.3 Å². The molecule has 0 bridgehead atoms. The van der Waals surface area contributed by atoms with Gasteiger partial charge in [0.2, 0.25) is 0 Å². The molecule has 4 heteroatoms. The molecule has 2 N–H and O–H groups in total. The first-order valence-corrected chi connectivity index (χ1v) is 7.14. The van der Waals surface area contributed by atoms with E-state index in [9.17, 15) is 4.39 Å². The molecule has 1 saturated heterocycles. The summed E-state index contributed by atoms with van der Waals surface area (Å²) in [7, 11) is 0. The summed E-state index contributed by atoms with van der Waals surface area (Å²) in [5.41, 5.74) is 1.94. The van der Waals surface area contributed by atoms with Gasteiger partial charge in [0.1, 0.15) is 5.82 Å². The Morgan fingerprint density at radius 1 is 1.26 bits per heavy atom. The quantitative estimate of drug-likeness (QED) is 0.756. The van der Waals surface area contributed by atoms with Crippen LogP contribution in [0.25, 0.3) is 0 Å². The average molecular weight is 265 g/mol. The normalized spacial score (nSPS) is 16.7. The molecule has 0 saturated carbocycles. The van der Waals surface area contributed by atoms with E-state index in [1.165, 1.54) is 5.56 Å². The van der Waals surface area contributed by atoms with Gasteiger partial charge < -0.3 is 10.6 Å². The SMILES string of the molecule is Cc1cc(CCNCCN2CCNCC2)ccc1F. The molecule has 1 heterocycles. The third-order valence-electron chi connectivity index (χ3n) is 3.63. The van der Waals surface area contributed by atoms with Crippen LogP contribution in [0.1, 0.15) is 11.1 Å². The molecular weight excluding hydrogens is 241 g/mol. The lowest BCUT2D eigenvalue weighted by Gasteiger charge is -2.27. The van der Waals surface area contributed by atoms with E-state index in [1.54, 1.807) is 6.07 Å². The van der Waals surface area contributed by atoms with E-state index >= 15 is 0 Å². The third kappa shape index (κ3) is 4.90. The van der Waals surface area contributed by atoms with Crippen LogP contribution in [0, 0.1) is 12.7 Å². The summed E-state index contributed by atoms with van der Waals surface area (Å²) in [6.07, 6.45) is 0.961. The maximum Gasteiger partial charge on any atom is 0.126 e. The standard InChI is InChI=1S/C15H24FN3/c1-13-12-14(2-3-15(13)16)4-5-17-6-9-19-10-7-18-8-11-19/h2-3,12,17-18H,4-11H2,1H3. The summed E-state index contributed by atoms with van der Waals surface area (Å²) >= 11 is 0. The van der Waals surface area contributed by atoms with Crippen molar-refractivity contribution in [3.63, 3.8) is 0 Å². The Balaban J connectivity index is 1.59. The highest BCUT2D eigenvalue weighted by molar-refractivity contribution is 5.24. The fraction of sp³-hybridized carbons (Fsp3) is 0.600. The molecule has 0 aliphatic carbocycles. The van der Waals surface area contributed by atoms with Gasteiger partial charge in [-0.05, 0) is 37.1 Å². The predicted octanol–water partition coefficient (Wildman–Crippen LogP) is 1.17. The third-order valence-corrected chi connectivity index (χ3v) is 3.63. The predicted molar refractivity (Wildman–Crippen MR) is 77.0 cm³/mol. The zero-order chi connectivity index (χ0) is 13.5. The van der Waals surface area contributed by atoms with Crippen molar-refractivity contribution < 1.29 is 4.39 Å². The first-order chi connectivity index (χ1) is 9.25. The highest BCUT2D eigenvalue weighted by atomic mass is 19.1. The Labute approximate surface area is 115 Å². The second-order valence-corrected chi connectivity index (χ2v) is 5.18. The van der Waals surface area contributed by atoms with Gasteiger partial charge in [-0.15, -0.1) is 0 Å². The average Bonchev–Trinajstić information content (AvgIpc) is 2.43. The van der Waals surface area contributed by atoms with Gasteiger partial charge in [-0.25, -0.2) is 4.39 Å². The number of aryl methyl sites for hydroxylation is 1. The van der Waals surface area contributed by atoms with Crippen LogP contribution in [-0.2, 0) is 6.42 Å². The van der Waals surface area contributed by atoms with E-state index in [2.05, 4.69) is 15.5 Å². The maximum atomic E-state index is 13.1. The zero-order valence-electron chi connectivity index (χ0n) is 11.7. The van der Waals surface area contributed by atoms with Gasteiger partial charge in [-0.3, -0.25) is 4.90 Å².